The van der Waals surface area contributed by atoms with Crippen molar-refractivity contribution in [3.8, 4) is 16.9 Å². The lowest BCUT2D eigenvalue weighted by atomic mass is 10.00. The summed E-state index contributed by atoms with van der Waals surface area (Å²) in [7, 11) is 0. The average Bonchev–Trinajstić information content (AvgIpc) is 2.83. The van der Waals surface area contributed by atoms with Gasteiger partial charge in [-0.3, -0.25) is 9.78 Å². The molecule has 4 nitrogen and oxygen atoms in total. The zero-order valence-electron chi connectivity index (χ0n) is 16.4. The molecule has 0 spiro atoms. The van der Waals surface area contributed by atoms with Crippen molar-refractivity contribution < 1.29 is 9.53 Å². The van der Waals surface area contributed by atoms with E-state index in [9.17, 15) is 4.79 Å². The number of para-hydroxylation sites is 1. The van der Waals surface area contributed by atoms with Gasteiger partial charge in [0.1, 0.15) is 5.75 Å². The molecule has 1 heterocycles. The Morgan fingerprint density at radius 2 is 1.37 bits per heavy atom. The summed E-state index contributed by atoms with van der Waals surface area (Å²) >= 11 is 0. The molecule has 0 bridgehead atoms. The molecule has 0 fully saturated rings. The SMILES string of the molecule is O=C(COc1ccccc1-c1ccccc1)NC(c1ccccc1)c1ccncc1. The summed E-state index contributed by atoms with van der Waals surface area (Å²) in [5, 5.41) is 3.09. The van der Waals surface area contributed by atoms with E-state index >= 15 is 0 Å². The van der Waals surface area contributed by atoms with Crippen molar-refractivity contribution in [1.29, 1.82) is 0 Å². The largest absolute Gasteiger partial charge is 0.483 e. The summed E-state index contributed by atoms with van der Waals surface area (Å²) in [4.78, 5) is 16.8. The second-order valence-corrected chi connectivity index (χ2v) is 6.84. The Bertz CT molecular complexity index is 1040. The first-order valence-corrected chi connectivity index (χ1v) is 9.83. The van der Waals surface area contributed by atoms with Crippen LogP contribution in [0.4, 0.5) is 0 Å². The van der Waals surface area contributed by atoms with Crippen LogP contribution in [0.5, 0.6) is 5.75 Å². The topological polar surface area (TPSA) is 51.2 Å². The summed E-state index contributed by atoms with van der Waals surface area (Å²) in [5.74, 6) is 0.488. The number of carbonyl (C=O) groups excluding carboxylic acids is 1. The molecule has 4 rings (SSSR count). The minimum Gasteiger partial charge on any atom is -0.483 e. The number of carbonyl (C=O) groups is 1. The Morgan fingerprint density at radius 1 is 0.767 bits per heavy atom. The maximum Gasteiger partial charge on any atom is 0.258 e. The van der Waals surface area contributed by atoms with E-state index in [1.54, 1.807) is 12.4 Å². The fourth-order valence-corrected chi connectivity index (χ4v) is 3.36. The predicted octanol–water partition coefficient (Wildman–Crippen LogP) is 5.03. The molecule has 0 aliphatic carbocycles. The van der Waals surface area contributed by atoms with Crippen molar-refractivity contribution >= 4 is 5.91 Å². The van der Waals surface area contributed by atoms with Crippen molar-refractivity contribution in [1.82, 2.24) is 10.3 Å². The molecule has 0 radical (unpaired) electrons. The molecule has 1 N–H and O–H groups in total. The number of aromatic nitrogens is 1. The molecular weight excluding hydrogens is 372 g/mol. The van der Waals surface area contributed by atoms with E-state index in [0.29, 0.717) is 5.75 Å². The zero-order valence-corrected chi connectivity index (χ0v) is 16.4. The fraction of sp³-hybridized carbons (Fsp3) is 0.0769. The highest BCUT2D eigenvalue weighted by atomic mass is 16.5. The van der Waals surface area contributed by atoms with Crippen LogP contribution in [-0.2, 0) is 4.79 Å². The van der Waals surface area contributed by atoms with Gasteiger partial charge < -0.3 is 10.1 Å². The van der Waals surface area contributed by atoms with Crippen LogP contribution in [0.2, 0.25) is 0 Å². The van der Waals surface area contributed by atoms with Crippen molar-refractivity contribution in [3.63, 3.8) is 0 Å². The van der Waals surface area contributed by atoms with Gasteiger partial charge in [0.05, 0.1) is 6.04 Å². The van der Waals surface area contributed by atoms with Crippen LogP contribution in [0, 0.1) is 0 Å². The molecule has 1 atom stereocenters. The summed E-state index contributed by atoms with van der Waals surface area (Å²) in [5.41, 5.74) is 3.98. The normalized spacial score (nSPS) is 11.5. The van der Waals surface area contributed by atoms with Crippen molar-refractivity contribution in [2.24, 2.45) is 0 Å². The number of ether oxygens (including phenoxy) is 1. The number of benzene rings is 3. The average molecular weight is 394 g/mol. The van der Waals surface area contributed by atoms with E-state index in [1.807, 2.05) is 97.1 Å². The van der Waals surface area contributed by atoms with Gasteiger partial charge in [0, 0.05) is 18.0 Å². The number of hydrogen-bond donors (Lipinski definition) is 1. The summed E-state index contributed by atoms with van der Waals surface area (Å²) in [6, 6.07) is 31.2. The molecule has 1 unspecified atom stereocenters. The van der Waals surface area contributed by atoms with Crippen LogP contribution in [-0.4, -0.2) is 17.5 Å². The van der Waals surface area contributed by atoms with Gasteiger partial charge in [-0.05, 0) is 34.9 Å². The van der Waals surface area contributed by atoms with Crippen LogP contribution in [0.15, 0.2) is 109 Å². The van der Waals surface area contributed by atoms with E-state index in [2.05, 4.69) is 10.3 Å². The van der Waals surface area contributed by atoms with Crippen LogP contribution in [0.3, 0.4) is 0 Å². The highest BCUT2D eigenvalue weighted by Gasteiger charge is 2.17. The van der Waals surface area contributed by atoms with E-state index in [1.165, 1.54) is 0 Å². The molecule has 30 heavy (non-hydrogen) atoms. The predicted molar refractivity (Wildman–Crippen MR) is 118 cm³/mol. The first-order valence-electron chi connectivity index (χ1n) is 9.83. The Kier molecular flexibility index (Phi) is 6.16. The summed E-state index contributed by atoms with van der Waals surface area (Å²) < 4.78 is 5.90. The Labute approximate surface area is 176 Å². The maximum absolute atomic E-state index is 12.8. The van der Waals surface area contributed by atoms with Gasteiger partial charge in [-0.15, -0.1) is 0 Å². The number of amides is 1. The second-order valence-electron chi connectivity index (χ2n) is 6.84. The molecule has 1 aromatic heterocycles. The molecular formula is C26H22N2O2. The lowest BCUT2D eigenvalue weighted by molar-refractivity contribution is -0.123. The Balaban J connectivity index is 1.49. The molecule has 3 aromatic carbocycles. The van der Waals surface area contributed by atoms with Gasteiger partial charge in [0.15, 0.2) is 6.61 Å². The third-order valence-electron chi connectivity index (χ3n) is 4.81. The van der Waals surface area contributed by atoms with Crippen molar-refractivity contribution in [2.45, 2.75) is 6.04 Å². The minimum absolute atomic E-state index is 0.0712. The molecule has 4 aromatic rings. The zero-order chi connectivity index (χ0) is 20.6. The van der Waals surface area contributed by atoms with Crippen LogP contribution < -0.4 is 10.1 Å². The molecule has 0 saturated carbocycles. The molecule has 148 valence electrons. The van der Waals surface area contributed by atoms with Gasteiger partial charge in [0.2, 0.25) is 0 Å². The summed E-state index contributed by atoms with van der Waals surface area (Å²) in [6.07, 6.45) is 3.45. The quantitative estimate of drug-likeness (QED) is 0.478. The first-order chi connectivity index (χ1) is 14.8. The number of rotatable bonds is 7. The van der Waals surface area contributed by atoms with E-state index in [-0.39, 0.29) is 18.6 Å². The fourth-order valence-electron chi connectivity index (χ4n) is 3.36. The van der Waals surface area contributed by atoms with Crippen molar-refractivity contribution in [3.05, 3.63) is 121 Å². The number of nitrogens with zero attached hydrogens (tertiary/aromatic N) is 1. The van der Waals surface area contributed by atoms with Crippen molar-refractivity contribution in [2.75, 3.05) is 6.61 Å². The lowest BCUT2D eigenvalue weighted by Crippen LogP contribution is -2.33. The molecule has 1 amide bonds. The van der Waals surface area contributed by atoms with Gasteiger partial charge in [-0.25, -0.2) is 0 Å². The minimum atomic E-state index is -0.269. The highest BCUT2D eigenvalue weighted by Crippen LogP contribution is 2.29. The highest BCUT2D eigenvalue weighted by molar-refractivity contribution is 5.79. The third kappa shape index (κ3) is 4.73. The van der Waals surface area contributed by atoms with E-state index in [4.69, 9.17) is 4.74 Å². The monoisotopic (exact) mass is 394 g/mol. The lowest BCUT2D eigenvalue weighted by Gasteiger charge is -2.20. The smallest absolute Gasteiger partial charge is 0.258 e. The Morgan fingerprint density at radius 3 is 2.10 bits per heavy atom. The maximum atomic E-state index is 12.8. The molecule has 4 heteroatoms. The van der Waals surface area contributed by atoms with Gasteiger partial charge in [-0.2, -0.15) is 0 Å². The van der Waals surface area contributed by atoms with Crippen LogP contribution >= 0.6 is 0 Å². The molecule has 0 saturated heterocycles. The number of nitrogens with one attached hydrogen (secondary N) is 1. The number of pyridine rings is 1. The third-order valence-corrected chi connectivity index (χ3v) is 4.81. The van der Waals surface area contributed by atoms with Crippen LogP contribution in [0.25, 0.3) is 11.1 Å². The summed E-state index contributed by atoms with van der Waals surface area (Å²) in [6.45, 7) is -0.0712. The van der Waals surface area contributed by atoms with Gasteiger partial charge in [-0.1, -0.05) is 78.9 Å². The first kappa shape index (κ1) is 19.4. The van der Waals surface area contributed by atoms with Crippen LogP contribution in [0.1, 0.15) is 17.2 Å². The Hall–Kier alpha value is -3.92. The molecule has 0 aliphatic heterocycles. The molecule has 0 aliphatic rings. The second kappa shape index (κ2) is 9.52. The van der Waals surface area contributed by atoms with Gasteiger partial charge in [0.25, 0.3) is 5.91 Å². The van der Waals surface area contributed by atoms with Gasteiger partial charge >= 0.3 is 0 Å². The number of hydrogen-bond acceptors (Lipinski definition) is 3. The van der Waals surface area contributed by atoms with E-state index in [0.717, 1.165) is 22.3 Å². The van der Waals surface area contributed by atoms with E-state index < -0.39 is 0 Å². The standard InChI is InChI=1S/C26H22N2O2/c29-25(19-30-24-14-8-7-13-23(24)20-9-3-1-4-10-20)28-26(21-11-5-2-6-12-21)22-15-17-27-18-16-22/h1-18,26H,19H2,(H,28,29).